The number of aliphatic hydroxyl groups is 1. The summed E-state index contributed by atoms with van der Waals surface area (Å²) in [6.45, 7) is 0.189. The van der Waals surface area contributed by atoms with Crippen molar-refractivity contribution in [3.05, 3.63) is 71.7 Å². The fourth-order valence-corrected chi connectivity index (χ4v) is 2.30. The second-order valence-electron chi connectivity index (χ2n) is 5.30. The summed E-state index contributed by atoms with van der Waals surface area (Å²) in [4.78, 5) is 4.25. The maximum atomic E-state index is 12.5. The molecule has 0 saturated heterocycles. The summed E-state index contributed by atoms with van der Waals surface area (Å²) < 4.78 is 38.9. The summed E-state index contributed by atoms with van der Waals surface area (Å²) in [7, 11) is 0. The Morgan fingerprint density at radius 1 is 1.00 bits per heavy atom. The number of alkyl halides is 3. The van der Waals surface area contributed by atoms with Gasteiger partial charge in [-0.25, -0.2) is 0 Å². The largest absolute Gasteiger partial charge is 0.435 e. The second kappa shape index (κ2) is 6.45. The number of halogens is 3. The molecular formula is C17H14F3N3O. The van der Waals surface area contributed by atoms with E-state index < -0.39 is 11.9 Å². The van der Waals surface area contributed by atoms with Crippen LogP contribution >= 0.6 is 0 Å². The first-order valence-corrected chi connectivity index (χ1v) is 7.21. The molecule has 1 N–H and O–H groups in total. The average molecular weight is 333 g/mol. The molecule has 2 aromatic heterocycles. The van der Waals surface area contributed by atoms with Gasteiger partial charge in [0.25, 0.3) is 0 Å². The van der Waals surface area contributed by atoms with Crippen LogP contribution in [-0.4, -0.2) is 19.9 Å². The number of hydrogen-bond donors (Lipinski definition) is 1. The number of nitrogens with zero attached hydrogens (tertiary/aromatic N) is 3. The van der Waals surface area contributed by atoms with E-state index in [2.05, 4.69) is 10.1 Å². The fraction of sp³-hybridized carbons (Fsp3) is 0.176. The zero-order valence-corrected chi connectivity index (χ0v) is 12.5. The fourth-order valence-electron chi connectivity index (χ4n) is 2.30. The van der Waals surface area contributed by atoms with Crippen molar-refractivity contribution in [1.29, 1.82) is 0 Å². The third kappa shape index (κ3) is 3.62. The molecule has 24 heavy (non-hydrogen) atoms. The number of benzene rings is 1. The lowest BCUT2D eigenvalue weighted by Gasteiger charge is -2.06. The Morgan fingerprint density at radius 3 is 2.38 bits per heavy atom. The molecule has 0 unspecified atom stereocenters. The van der Waals surface area contributed by atoms with Gasteiger partial charge in [-0.3, -0.25) is 9.67 Å². The molecule has 0 bridgehead atoms. The molecule has 0 aliphatic rings. The number of hydrogen-bond acceptors (Lipinski definition) is 3. The van der Waals surface area contributed by atoms with Gasteiger partial charge in [-0.05, 0) is 29.3 Å². The van der Waals surface area contributed by atoms with E-state index in [1.54, 1.807) is 18.3 Å². The van der Waals surface area contributed by atoms with Gasteiger partial charge in [0.05, 0.1) is 18.8 Å². The molecule has 4 nitrogen and oxygen atoms in total. The lowest BCUT2D eigenvalue weighted by atomic mass is 10.1. The van der Waals surface area contributed by atoms with Gasteiger partial charge in [-0.15, -0.1) is 0 Å². The van der Waals surface area contributed by atoms with Crippen molar-refractivity contribution in [2.24, 2.45) is 0 Å². The van der Waals surface area contributed by atoms with Gasteiger partial charge in [0, 0.05) is 18.0 Å². The Hall–Kier alpha value is -2.67. The number of aromatic nitrogens is 3. The van der Waals surface area contributed by atoms with Gasteiger partial charge in [-0.2, -0.15) is 18.3 Å². The molecule has 1 aromatic carbocycles. The maximum Gasteiger partial charge on any atom is 0.435 e. The van der Waals surface area contributed by atoms with Crippen LogP contribution in [0, 0.1) is 0 Å². The Labute approximate surface area is 136 Å². The van der Waals surface area contributed by atoms with Crippen LogP contribution in [0.15, 0.2) is 54.9 Å². The Kier molecular flexibility index (Phi) is 4.35. The van der Waals surface area contributed by atoms with Crippen molar-refractivity contribution in [3.63, 3.8) is 0 Å². The van der Waals surface area contributed by atoms with Crippen LogP contribution < -0.4 is 0 Å². The monoisotopic (exact) mass is 333 g/mol. The van der Waals surface area contributed by atoms with Crippen LogP contribution in [0.25, 0.3) is 11.3 Å². The first-order valence-electron chi connectivity index (χ1n) is 7.21. The predicted molar refractivity (Wildman–Crippen MR) is 81.9 cm³/mol. The van der Waals surface area contributed by atoms with Crippen molar-refractivity contribution >= 4 is 0 Å². The average Bonchev–Trinajstić information content (AvgIpc) is 3.04. The number of rotatable bonds is 4. The van der Waals surface area contributed by atoms with E-state index in [1.807, 2.05) is 24.3 Å². The van der Waals surface area contributed by atoms with Gasteiger partial charge in [0.15, 0.2) is 5.69 Å². The van der Waals surface area contributed by atoms with Crippen LogP contribution in [-0.2, 0) is 19.3 Å². The van der Waals surface area contributed by atoms with E-state index in [0.717, 1.165) is 28.5 Å². The smallest absolute Gasteiger partial charge is 0.392 e. The number of aliphatic hydroxyl groups excluding tert-OH is 1. The highest BCUT2D eigenvalue weighted by molar-refractivity contribution is 5.60. The highest BCUT2D eigenvalue weighted by Crippen LogP contribution is 2.27. The van der Waals surface area contributed by atoms with Gasteiger partial charge in [0.2, 0.25) is 0 Å². The van der Waals surface area contributed by atoms with Crippen molar-refractivity contribution in [3.8, 4) is 11.3 Å². The first-order chi connectivity index (χ1) is 11.5. The quantitative estimate of drug-likeness (QED) is 0.795. The molecule has 3 rings (SSSR count). The SMILES string of the molecule is OCc1ccnc(-c2ccc(Cn3ccc(C(F)(F)F)n3)cc2)c1. The van der Waals surface area contributed by atoms with Crippen molar-refractivity contribution in [2.45, 2.75) is 19.3 Å². The molecule has 7 heteroatoms. The first kappa shape index (κ1) is 16.2. The minimum absolute atomic E-state index is 0.0611. The van der Waals surface area contributed by atoms with Crippen LogP contribution in [0.4, 0.5) is 13.2 Å². The Bertz CT molecular complexity index is 826. The molecule has 0 fully saturated rings. The van der Waals surface area contributed by atoms with Gasteiger partial charge < -0.3 is 5.11 Å². The summed E-state index contributed by atoms with van der Waals surface area (Å²) in [5, 5.41) is 12.7. The van der Waals surface area contributed by atoms with E-state index in [9.17, 15) is 13.2 Å². The van der Waals surface area contributed by atoms with E-state index >= 15 is 0 Å². The summed E-state index contributed by atoms with van der Waals surface area (Å²) in [6.07, 6.45) is -1.50. The third-order valence-electron chi connectivity index (χ3n) is 3.53. The highest BCUT2D eigenvalue weighted by Gasteiger charge is 2.33. The highest BCUT2D eigenvalue weighted by atomic mass is 19.4. The second-order valence-corrected chi connectivity index (χ2v) is 5.30. The zero-order valence-electron chi connectivity index (χ0n) is 12.5. The van der Waals surface area contributed by atoms with E-state index in [0.29, 0.717) is 0 Å². The van der Waals surface area contributed by atoms with Crippen LogP contribution in [0.3, 0.4) is 0 Å². The van der Waals surface area contributed by atoms with Crippen molar-refractivity contribution in [2.75, 3.05) is 0 Å². The predicted octanol–water partition coefficient (Wildman–Crippen LogP) is 3.50. The van der Waals surface area contributed by atoms with Crippen molar-refractivity contribution < 1.29 is 18.3 Å². The minimum Gasteiger partial charge on any atom is -0.392 e. The molecule has 0 saturated carbocycles. The molecule has 0 atom stereocenters. The Balaban J connectivity index is 1.76. The summed E-state index contributed by atoms with van der Waals surface area (Å²) in [5.41, 5.74) is 2.29. The standard InChI is InChI=1S/C17H14F3N3O/c18-17(19,20)16-6-8-23(22-16)10-12-1-3-14(4-2-12)15-9-13(11-24)5-7-21-15/h1-9,24H,10-11H2. The van der Waals surface area contributed by atoms with Crippen molar-refractivity contribution in [1.82, 2.24) is 14.8 Å². The molecule has 0 amide bonds. The van der Waals surface area contributed by atoms with E-state index in [1.165, 1.54) is 10.9 Å². The molecule has 0 aliphatic heterocycles. The molecule has 124 valence electrons. The normalized spacial score (nSPS) is 11.7. The zero-order chi connectivity index (χ0) is 17.2. The number of pyridine rings is 1. The molecule has 0 radical (unpaired) electrons. The lowest BCUT2D eigenvalue weighted by molar-refractivity contribution is -0.141. The third-order valence-corrected chi connectivity index (χ3v) is 3.53. The van der Waals surface area contributed by atoms with E-state index in [-0.39, 0.29) is 13.2 Å². The molecule has 0 aliphatic carbocycles. The molecular weight excluding hydrogens is 319 g/mol. The lowest BCUT2D eigenvalue weighted by Crippen LogP contribution is -2.08. The van der Waals surface area contributed by atoms with Gasteiger partial charge in [-0.1, -0.05) is 24.3 Å². The Morgan fingerprint density at radius 2 is 1.75 bits per heavy atom. The maximum absolute atomic E-state index is 12.5. The molecule has 3 aromatic rings. The van der Waals surface area contributed by atoms with Crippen LogP contribution in [0.1, 0.15) is 16.8 Å². The van der Waals surface area contributed by atoms with Crippen LogP contribution in [0.2, 0.25) is 0 Å². The molecule has 0 spiro atoms. The minimum atomic E-state index is -4.43. The van der Waals surface area contributed by atoms with Crippen LogP contribution in [0.5, 0.6) is 0 Å². The summed E-state index contributed by atoms with van der Waals surface area (Å²) >= 11 is 0. The van der Waals surface area contributed by atoms with Gasteiger partial charge >= 0.3 is 6.18 Å². The van der Waals surface area contributed by atoms with E-state index in [4.69, 9.17) is 5.11 Å². The topological polar surface area (TPSA) is 50.9 Å². The van der Waals surface area contributed by atoms with Gasteiger partial charge in [0.1, 0.15) is 0 Å². The molecule has 2 heterocycles. The summed E-state index contributed by atoms with van der Waals surface area (Å²) in [6, 6.07) is 11.8. The summed E-state index contributed by atoms with van der Waals surface area (Å²) in [5.74, 6) is 0.